The highest BCUT2D eigenvalue weighted by Gasteiger charge is 2.24. The van der Waals surface area contributed by atoms with E-state index in [9.17, 15) is 4.79 Å². The van der Waals surface area contributed by atoms with Gasteiger partial charge >= 0.3 is 11.9 Å². The number of hydrogen-bond donors (Lipinski definition) is 2. The van der Waals surface area contributed by atoms with E-state index in [-0.39, 0.29) is 5.91 Å². The molecule has 2 N–H and O–H groups in total. The number of methoxy groups -OCH3 is 2. The average molecular weight is 434 g/mol. The van der Waals surface area contributed by atoms with Crippen LogP contribution in [0.2, 0.25) is 0 Å². The van der Waals surface area contributed by atoms with Crippen LogP contribution in [0, 0.1) is 5.92 Å². The lowest BCUT2D eigenvalue weighted by Crippen LogP contribution is -2.49. The number of carbonyl (C=O) groups is 3. The van der Waals surface area contributed by atoms with Gasteiger partial charge in [0.1, 0.15) is 0 Å². The van der Waals surface area contributed by atoms with Crippen LogP contribution in [-0.4, -0.2) is 84.8 Å². The maximum atomic E-state index is 12.8. The highest BCUT2D eigenvalue weighted by Crippen LogP contribution is 2.28. The molecule has 0 spiro atoms. The lowest BCUT2D eigenvalue weighted by molar-refractivity contribution is -0.159. The second-order valence-electron chi connectivity index (χ2n) is 7.42. The van der Waals surface area contributed by atoms with Crippen LogP contribution in [-0.2, 0) is 9.59 Å². The lowest BCUT2D eigenvalue weighted by atomic mass is 9.94. The summed E-state index contributed by atoms with van der Waals surface area (Å²) in [5.41, 5.74) is 0.656. The standard InChI is InChI=1S/C20H28N2O3.C2H2O4/c1-24-18-9-8-17(14-19(18)25-2)20(23)22-12-10-21(11-13-22)15-16-6-4-3-5-7-16;3-1(4)2(5)6/h3-4,8-9,14,16H,5-7,10-13,15H2,1-2H3;(H,3,4)(H,5,6). The zero-order valence-corrected chi connectivity index (χ0v) is 18.0. The lowest BCUT2D eigenvalue weighted by Gasteiger charge is -2.36. The molecule has 0 bridgehead atoms. The predicted molar refractivity (Wildman–Crippen MR) is 114 cm³/mol. The van der Waals surface area contributed by atoms with E-state index in [4.69, 9.17) is 29.3 Å². The first-order valence-electron chi connectivity index (χ1n) is 10.2. The normalized spacial score (nSPS) is 18.5. The van der Waals surface area contributed by atoms with Gasteiger partial charge in [0, 0.05) is 38.3 Å². The first kappa shape index (κ1) is 24.2. The quantitative estimate of drug-likeness (QED) is 0.534. The van der Waals surface area contributed by atoms with Crippen molar-refractivity contribution in [2.45, 2.75) is 19.3 Å². The minimum absolute atomic E-state index is 0.0706. The molecule has 1 aromatic rings. The average Bonchev–Trinajstić information content (AvgIpc) is 2.79. The van der Waals surface area contributed by atoms with Gasteiger partial charge in [0.2, 0.25) is 0 Å². The molecule has 31 heavy (non-hydrogen) atoms. The fraction of sp³-hybridized carbons (Fsp3) is 0.500. The fourth-order valence-electron chi connectivity index (χ4n) is 3.67. The Morgan fingerprint density at radius 1 is 0.968 bits per heavy atom. The third-order valence-corrected chi connectivity index (χ3v) is 5.37. The summed E-state index contributed by atoms with van der Waals surface area (Å²) in [6.45, 7) is 4.65. The van der Waals surface area contributed by atoms with Crippen LogP contribution in [0.5, 0.6) is 11.5 Å². The van der Waals surface area contributed by atoms with Crippen molar-refractivity contribution in [3.63, 3.8) is 0 Å². The highest BCUT2D eigenvalue weighted by molar-refractivity contribution is 6.27. The Labute approximate surface area is 181 Å². The Kier molecular flexibility index (Phi) is 9.33. The van der Waals surface area contributed by atoms with E-state index in [2.05, 4.69) is 17.1 Å². The Morgan fingerprint density at radius 3 is 2.13 bits per heavy atom. The number of carbonyl (C=O) groups excluding carboxylic acids is 1. The zero-order chi connectivity index (χ0) is 22.8. The summed E-state index contributed by atoms with van der Waals surface area (Å²) in [5, 5.41) is 14.8. The minimum atomic E-state index is -1.82. The number of hydrogen-bond acceptors (Lipinski definition) is 6. The molecule has 1 amide bonds. The molecule has 1 aliphatic heterocycles. The summed E-state index contributed by atoms with van der Waals surface area (Å²) in [5.74, 6) is -1.56. The second-order valence-corrected chi connectivity index (χ2v) is 7.42. The van der Waals surface area contributed by atoms with Gasteiger partial charge in [-0.05, 0) is 43.4 Å². The summed E-state index contributed by atoms with van der Waals surface area (Å²) in [6.07, 6.45) is 8.30. The van der Waals surface area contributed by atoms with E-state index in [0.717, 1.165) is 38.6 Å². The number of nitrogens with zero attached hydrogens (tertiary/aromatic N) is 2. The molecule has 1 aliphatic carbocycles. The third kappa shape index (κ3) is 7.29. The second kappa shape index (κ2) is 11.9. The van der Waals surface area contributed by atoms with E-state index < -0.39 is 11.9 Å². The van der Waals surface area contributed by atoms with Crippen molar-refractivity contribution in [1.82, 2.24) is 9.80 Å². The van der Waals surface area contributed by atoms with Crippen molar-refractivity contribution in [3.05, 3.63) is 35.9 Å². The minimum Gasteiger partial charge on any atom is -0.493 e. The van der Waals surface area contributed by atoms with E-state index in [1.807, 2.05) is 11.0 Å². The summed E-state index contributed by atoms with van der Waals surface area (Å²) in [4.78, 5) is 35.4. The molecule has 9 heteroatoms. The molecule has 3 rings (SSSR count). The number of carboxylic acids is 2. The zero-order valence-electron chi connectivity index (χ0n) is 18.0. The number of amides is 1. The molecule has 170 valence electrons. The van der Waals surface area contributed by atoms with Gasteiger partial charge in [-0.25, -0.2) is 9.59 Å². The van der Waals surface area contributed by atoms with Gasteiger partial charge in [-0.2, -0.15) is 0 Å². The van der Waals surface area contributed by atoms with Gasteiger partial charge < -0.3 is 24.6 Å². The molecule has 0 saturated carbocycles. The van der Waals surface area contributed by atoms with E-state index in [1.54, 1.807) is 26.4 Å². The summed E-state index contributed by atoms with van der Waals surface area (Å²) in [6, 6.07) is 5.37. The molecule has 2 aliphatic rings. The summed E-state index contributed by atoms with van der Waals surface area (Å²) < 4.78 is 10.5. The number of benzene rings is 1. The molecule has 0 aromatic heterocycles. The third-order valence-electron chi connectivity index (χ3n) is 5.37. The fourth-order valence-corrected chi connectivity index (χ4v) is 3.67. The Hall–Kier alpha value is -3.07. The number of allylic oxidation sites excluding steroid dienone is 2. The molecule has 1 fully saturated rings. The van der Waals surface area contributed by atoms with Crippen molar-refractivity contribution in [2.24, 2.45) is 5.92 Å². The Balaban J connectivity index is 0.000000501. The van der Waals surface area contributed by atoms with Crippen LogP contribution in [0.3, 0.4) is 0 Å². The largest absolute Gasteiger partial charge is 0.493 e. The van der Waals surface area contributed by atoms with Gasteiger partial charge in [-0.15, -0.1) is 0 Å². The topological polar surface area (TPSA) is 117 Å². The van der Waals surface area contributed by atoms with Crippen LogP contribution in [0.25, 0.3) is 0 Å². The van der Waals surface area contributed by atoms with Crippen molar-refractivity contribution in [2.75, 3.05) is 46.9 Å². The molecular formula is C22H30N2O7. The number of ether oxygens (including phenoxy) is 2. The monoisotopic (exact) mass is 434 g/mol. The Morgan fingerprint density at radius 2 is 1.61 bits per heavy atom. The highest BCUT2D eigenvalue weighted by atomic mass is 16.5. The van der Waals surface area contributed by atoms with Crippen molar-refractivity contribution in [3.8, 4) is 11.5 Å². The molecule has 1 saturated heterocycles. The van der Waals surface area contributed by atoms with E-state index in [0.29, 0.717) is 17.1 Å². The van der Waals surface area contributed by atoms with Gasteiger partial charge in [0.15, 0.2) is 11.5 Å². The molecule has 1 aromatic carbocycles. The maximum Gasteiger partial charge on any atom is 0.414 e. The van der Waals surface area contributed by atoms with Crippen LogP contribution in [0.4, 0.5) is 0 Å². The molecule has 1 unspecified atom stereocenters. The number of rotatable bonds is 5. The smallest absolute Gasteiger partial charge is 0.414 e. The molecule has 9 nitrogen and oxygen atoms in total. The number of aliphatic carboxylic acids is 2. The van der Waals surface area contributed by atoms with Crippen LogP contribution in [0.15, 0.2) is 30.4 Å². The molecule has 1 heterocycles. The van der Waals surface area contributed by atoms with Gasteiger partial charge in [0.05, 0.1) is 14.2 Å². The van der Waals surface area contributed by atoms with Crippen LogP contribution >= 0.6 is 0 Å². The van der Waals surface area contributed by atoms with E-state index >= 15 is 0 Å². The summed E-state index contributed by atoms with van der Waals surface area (Å²) in [7, 11) is 3.19. The molecular weight excluding hydrogens is 404 g/mol. The van der Waals surface area contributed by atoms with Gasteiger partial charge in [-0.1, -0.05) is 12.2 Å². The van der Waals surface area contributed by atoms with Gasteiger partial charge in [0.25, 0.3) is 5.91 Å². The Bertz CT molecular complexity index is 789. The van der Waals surface area contributed by atoms with Crippen LogP contribution < -0.4 is 9.47 Å². The van der Waals surface area contributed by atoms with Gasteiger partial charge in [-0.3, -0.25) is 9.69 Å². The summed E-state index contributed by atoms with van der Waals surface area (Å²) >= 11 is 0. The van der Waals surface area contributed by atoms with Crippen molar-refractivity contribution >= 4 is 17.8 Å². The number of carboxylic acid groups (broad SMARTS) is 2. The predicted octanol–water partition coefficient (Wildman–Crippen LogP) is 1.97. The molecule has 1 atom stereocenters. The van der Waals surface area contributed by atoms with E-state index in [1.165, 1.54) is 19.3 Å². The number of piperazine rings is 1. The maximum absolute atomic E-state index is 12.8. The van der Waals surface area contributed by atoms with Crippen molar-refractivity contribution in [1.29, 1.82) is 0 Å². The first-order chi connectivity index (χ1) is 14.8. The SMILES string of the molecule is COc1ccc(C(=O)N2CCN(CC3CC=CCC3)CC2)cc1OC.O=C(O)C(=O)O. The molecule has 0 radical (unpaired) electrons. The first-order valence-corrected chi connectivity index (χ1v) is 10.2. The van der Waals surface area contributed by atoms with Crippen LogP contribution in [0.1, 0.15) is 29.6 Å². The van der Waals surface area contributed by atoms with Crippen molar-refractivity contribution < 1.29 is 34.1 Å².